The maximum Gasteiger partial charge on any atom is 0.142 e. The van der Waals surface area contributed by atoms with Crippen LogP contribution >= 0.6 is 11.6 Å². The van der Waals surface area contributed by atoms with Gasteiger partial charge in [0.2, 0.25) is 0 Å². The van der Waals surface area contributed by atoms with Crippen molar-refractivity contribution in [2.24, 2.45) is 0 Å². The standard InChI is InChI=1S/C15H18ClN3O/c1-3-8-20-15-5-4-12(16)9-14(15)18-10-13-6-7-17-11(2)19-13/h4-7,9,18H,3,8,10H2,1-2H3. The van der Waals surface area contributed by atoms with E-state index in [1.807, 2.05) is 31.2 Å². The Morgan fingerprint density at radius 2 is 2.15 bits per heavy atom. The van der Waals surface area contributed by atoms with Crippen molar-refractivity contribution in [3.8, 4) is 5.75 Å². The molecule has 5 heteroatoms. The molecule has 1 aromatic heterocycles. The highest BCUT2D eigenvalue weighted by Crippen LogP contribution is 2.28. The average molecular weight is 292 g/mol. The van der Waals surface area contributed by atoms with Crippen molar-refractivity contribution in [3.63, 3.8) is 0 Å². The van der Waals surface area contributed by atoms with E-state index >= 15 is 0 Å². The van der Waals surface area contributed by atoms with Gasteiger partial charge in [-0.05, 0) is 37.6 Å². The summed E-state index contributed by atoms with van der Waals surface area (Å²) in [6.07, 6.45) is 2.72. The van der Waals surface area contributed by atoms with Crippen LogP contribution in [0.4, 0.5) is 5.69 Å². The van der Waals surface area contributed by atoms with Gasteiger partial charge in [-0.2, -0.15) is 0 Å². The van der Waals surface area contributed by atoms with E-state index in [9.17, 15) is 0 Å². The maximum atomic E-state index is 6.04. The molecule has 0 amide bonds. The van der Waals surface area contributed by atoms with E-state index < -0.39 is 0 Å². The molecule has 0 saturated carbocycles. The number of anilines is 1. The number of ether oxygens (including phenoxy) is 1. The van der Waals surface area contributed by atoms with Crippen molar-refractivity contribution in [2.75, 3.05) is 11.9 Å². The van der Waals surface area contributed by atoms with Crippen LogP contribution in [0.15, 0.2) is 30.5 Å². The molecule has 0 fully saturated rings. The Labute approximate surface area is 124 Å². The first-order chi connectivity index (χ1) is 9.69. The highest BCUT2D eigenvalue weighted by molar-refractivity contribution is 6.30. The predicted molar refractivity (Wildman–Crippen MR) is 81.3 cm³/mol. The number of halogens is 1. The van der Waals surface area contributed by atoms with Gasteiger partial charge in [-0.3, -0.25) is 0 Å². The number of hydrogen-bond acceptors (Lipinski definition) is 4. The Balaban J connectivity index is 2.09. The van der Waals surface area contributed by atoms with Crippen molar-refractivity contribution in [3.05, 3.63) is 47.0 Å². The third-order valence-corrected chi connectivity index (χ3v) is 2.93. The van der Waals surface area contributed by atoms with Gasteiger partial charge in [0.05, 0.1) is 24.5 Å². The molecule has 4 nitrogen and oxygen atoms in total. The largest absolute Gasteiger partial charge is 0.491 e. The zero-order chi connectivity index (χ0) is 14.4. The SMILES string of the molecule is CCCOc1ccc(Cl)cc1NCc1ccnc(C)n1. The van der Waals surface area contributed by atoms with Crippen molar-refractivity contribution in [1.29, 1.82) is 0 Å². The van der Waals surface area contributed by atoms with Crippen LogP contribution in [0.5, 0.6) is 5.75 Å². The molecular formula is C15H18ClN3O. The molecule has 0 aliphatic carbocycles. The lowest BCUT2D eigenvalue weighted by Gasteiger charge is -2.13. The van der Waals surface area contributed by atoms with Crippen LogP contribution in [0, 0.1) is 6.92 Å². The molecule has 0 saturated heterocycles. The first-order valence-corrected chi connectivity index (χ1v) is 7.01. The van der Waals surface area contributed by atoms with Crippen LogP contribution in [0.1, 0.15) is 24.9 Å². The third-order valence-electron chi connectivity index (χ3n) is 2.70. The minimum absolute atomic E-state index is 0.603. The zero-order valence-corrected chi connectivity index (χ0v) is 12.4. The molecule has 0 aliphatic rings. The number of benzene rings is 1. The van der Waals surface area contributed by atoms with Crippen molar-refractivity contribution >= 4 is 17.3 Å². The molecule has 0 unspecified atom stereocenters. The van der Waals surface area contributed by atoms with Gasteiger partial charge in [-0.25, -0.2) is 9.97 Å². The van der Waals surface area contributed by atoms with E-state index in [0.717, 1.165) is 29.4 Å². The number of aryl methyl sites for hydroxylation is 1. The summed E-state index contributed by atoms with van der Waals surface area (Å²) in [4.78, 5) is 8.44. The van der Waals surface area contributed by atoms with Gasteiger partial charge in [0, 0.05) is 11.2 Å². The number of nitrogens with zero attached hydrogens (tertiary/aromatic N) is 2. The second kappa shape index (κ2) is 7.10. The fraction of sp³-hybridized carbons (Fsp3) is 0.333. The molecule has 1 N–H and O–H groups in total. The summed E-state index contributed by atoms with van der Waals surface area (Å²) < 4.78 is 5.70. The van der Waals surface area contributed by atoms with Crippen LogP contribution in [-0.2, 0) is 6.54 Å². The Morgan fingerprint density at radius 3 is 2.90 bits per heavy atom. The number of hydrogen-bond donors (Lipinski definition) is 1. The first-order valence-electron chi connectivity index (χ1n) is 6.64. The molecule has 20 heavy (non-hydrogen) atoms. The lowest BCUT2D eigenvalue weighted by molar-refractivity contribution is 0.319. The normalized spacial score (nSPS) is 10.3. The lowest BCUT2D eigenvalue weighted by atomic mass is 10.2. The third kappa shape index (κ3) is 4.10. The molecule has 1 heterocycles. The fourth-order valence-corrected chi connectivity index (χ4v) is 1.94. The number of aromatic nitrogens is 2. The molecular weight excluding hydrogens is 274 g/mol. The van der Waals surface area contributed by atoms with Gasteiger partial charge >= 0.3 is 0 Å². The number of rotatable bonds is 6. The van der Waals surface area contributed by atoms with Crippen LogP contribution in [0.3, 0.4) is 0 Å². The van der Waals surface area contributed by atoms with Crippen LogP contribution in [0.25, 0.3) is 0 Å². The Bertz CT molecular complexity index is 575. The Morgan fingerprint density at radius 1 is 1.30 bits per heavy atom. The molecule has 0 spiro atoms. The molecule has 2 rings (SSSR count). The summed E-state index contributed by atoms with van der Waals surface area (Å²) in [7, 11) is 0. The minimum atomic E-state index is 0.603. The average Bonchev–Trinajstić information content (AvgIpc) is 2.44. The van der Waals surface area contributed by atoms with E-state index in [4.69, 9.17) is 16.3 Å². The van der Waals surface area contributed by atoms with E-state index in [1.54, 1.807) is 6.20 Å². The highest BCUT2D eigenvalue weighted by Gasteiger charge is 2.05. The predicted octanol–water partition coefficient (Wildman–Crippen LogP) is 3.84. The Hall–Kier alpha value is -1.81. The Kier molecular flexibility index (Phi) is 5.18. The highest BCUT2D eigenvalue weighted by atomic mass is 35.5. The van der Waals surface area contributed by atoms with Crippen molar-refractivity contribution in [2.45, 2.75) is 26.8 Å². The van der Waals surface area contributed by atoms with Gasteiger partial charge in [-0.15, -0.1) is 0 Å². The van der Waals surface area contributed by atoms with Crippen LogP contribution in [0.2, 0.25) is 5.02 Å². The number of nitrogens with one attached hydrogen (secondary N) is 1. The summed E-state index contributed by atoms with van der Waals surface area (Å²) in [5, 5.41) is 3.98. The van der Waals surface area contributed by atoms with Gasteiger partial charge in [0.25, 0.3) is 0 Å². The quantitative estimate of drug-likeness (QED) is 0.878. The van der Waals surface area contributed by atoms with Crippen molar-refractivity contribution < 1.29 is 4.74 Å². The summed E-state index contributed by atoms with van der Waals surface area (Å²) >= 11 is 6.04. The monoisotopic (exact) mass is 291 g/mol. The van der Waals surface area contributed by atoms with Gasteiger partial charge in [-0.1, -0.05) is 18.5 Å². The van der Waals surface area contributed by atoms with Crippen molar-refractivity contribution in [1.82, 2.24) is 9.97 Å². The zero-order valence-electron chi connectivity index (χ0n) is 11.7. The van der Waals surface area contributed by atoms with Gasteiger partial charge in [0.15, 0.2) is 0 Å². The molecule has 0 radical (unpaired) electrons. The molecule has 1 aromatic carbocycles. The summed E-state index contributed by atoms with van der Waals surface area (Å²) in [6, 6.07) is 7.45. The van der Waals surface area contributed by atoms with E-state index in [-0.39, 0.29) is 0 Å². The topological polar surface area (TPSA) is 47.0 Å². The molecule has 0 atom stereocenters. The van der Waals surface area contributed by atoms with Gasteiger partial charge in [0.1, 0.15) is 11.6 Å². The molecule has 0 aliphatic heterocycles. The molecule has 0 bridgehead atoms. The smallest absolute Gasteiger partial charge is 0.142 e. The summed E-state index contributed by atoms with van der Waals surface area (Å²) in [5.41, 5.74) is 1.81. The first kappa shape index (κ1) is 14.6. The van der Waals surface area contributed by atoms with Crippen LogP contribution in [-0.4, -0.2) is 16.6 Å². The lowest BCUT2D eigenvalue weighted by Crippen LogP contribution is -2.05. The van der Waals surface area contributed by atoms with E-state index in [2.05, 4.69) is 22.2 Å². The minimum Gasteiger partial charge on any atom is -0.491 e. The van der Waals surface area contributed by atoms with E-state index in [1.165, 1.54) is 0 Å². The summed E-state index contributed by atoms with van der Waals surface area (Å²) in [6.45, 7) is 5.24. The maximum absolute atomic E-state index is 6.04. The summed E-state index contributed by atoms with van der Waals surface area (Å²) in [5.74, 6) is 1.57. The molecule has 106 valence electrons. The van der Waals surface area contributed by atoms with Gasteiger partial charge < -0.3 is 10.1 Å². The second-order valence-corrected chi connectivity index (χ2v) is 4.87. The van der Waals surface area contributed by atoms with E-state index in [0.29, 0.717) is 18.2 Å². The second-order valence-electron chi connectivity index (χ2n) is 4.44. The molecule has 2 aromatic rings. The van der Waals surface area contributed by atoms with Crippen LogP contribution < -0.4 is 10.1 Å². The fourth-order valence-electron chi connectivity index (χ4n) is 1.77.